The zero-order chi connectivity index (χ0) is 24.2. The smallest absolute Gasteiger partial charge is 0.323 e. The lowest BCUT2D eigenvalue weighted by molar-refractivity contribution is -0.142. The lowest BCUT2D eigenvalue weighted by atomic mass is 10.1. The molecule has 3 heterocycles. The molecule has 0 radical (unpaired) electrons. The Labute approximate surface area is 202 Å². The molecule has 1 saturated heterocycles. The van der Waals surface area contributed by atoms with Crippen molar-refractivity contribution >= 4 is 43.2 Å². The highest BCUT2D eigenvalue weighted by atomic mass is 35.5. The molecule has 11 nitrogen and oxygen atoms in total. The summed E-state index contributed by atoms with van der Waals surface area (Å²) in [5.74, 6) is 0.485. The van der Waals surface area contributed by atoms with Crippen molar-refractivity contribution in [2.45, 2.75) is 38.6 Å². The number of carbonyl (C=O) groups excluding carboxylic acids is 1. The van der Waals surface area contributed by atoms with Crippen LogP contribution in [-0.4, -0.2) is 51.4 Å². The number of benzene rings is 1. The monoisotopic (exact) mass is 508 g/mol. The third kappa shape index (κ3) is 5.73. The number of nitrogens with zero attached hydrogens (tertiary/aromatic N) is 4. The quantitative estimate of drug-likeness (QED) is 0.326. The average molecular weight is 509 g/mol. The first-order chi connectivity index (χ1) is 16.3. The molecule has 1 aliphatic rings. The number of nitrogens with one attached hydrogen (secondary N) is 1. The van der Waals surface area contributed by atoms with Crippen LogP contribution in [0, 0.1) is 5.92 Å². The molecule has 1 aliphatic heterocycles. The third-order valence-electron chi connectivity index (χ3n) is 5.30. The molecule has 34 heavy (non-hydrogen) atoms. The minimum absolute atomic E-state index is 0.174. The van der Waals surface area contributed by atoms with E-state index in [4.69, 9.17) is 35.9 Å². The number of rotatable bonds is 9. The van der Waals surface area contributed by atoms with E-state index in [9.17, 15) is 4.79 Å². The number of nitrogens with two attached hydrogens (primary N) is 1. The zero-order valence-corrected chi connectivity index (χ0v) is 20.6. The second-order valence-corrected chi connectivity index (χ2v) is 9.57. The molecule has 182 valence electrons. The number of hydrogen-bond donors (Lipinski definition) is 2. The van der Waals surface area contributed by atoms with Crippen LogP contribution in [0.15, 0.2) is 36.8 Å². The highest BCUT2D eigenvalue weighted by Gasteiger charge is 2.35. The van der Waals surface area contributed by atoms with Crippen LogP contribution in [0.3, 0.4) is 0 Å². The van der Waals surface area contributed by atoms with Crippen molar-refractivity contribution in [3.63, 3.8) is 0 Å². The zero-order valence-electron chi connectivity index (χ0n) is 18.9. The Hall–Kier alpha value is -2.56. The van der Waals surface area contributed by atoms with E-state index in [1.54, 1.807) is 43.7 Å². The highest BCUT2D eigenvalue weighted by Crippen LogP contribution is 2.40. The minimum atomic E-state index is -1.68. The maximum absolute atomic E-state index is 11.9. The van der Waals surface area contributed by atoms with Crippen molar-refractivity contribution in [2.24, 2.45) is 5.92 Å². The summed E-state index contributed by atoms with van der Waals surface area (Å²) < 4.78 is 24.9. The van der Waals surface area contributed by atoms with Crippen LogP contribution in [-0.2, 0) is 18.8 Å². The molecule has 0 aliphatic carbocycles. The number of ether oxygens (including phenoxy) is 2. The Kier molecular flexibility index (Phi) is 7.80. The van der Waals surface area contributed by atoms with Gasteiger partial charge in [-0.15, -0.1) is 0 Å². The number of fused-ring (bicyclic) bond motifs is 1. The van der Waals surface area contributed by atoms with Gasteiger partial charge < -0.3 is 24.3 Å². The summed E-state index contributed by atoms with van der Waals surface area (Å²) in [6, 6.07) is 6.27. The van der Waals surface area contributed by atoms with E-state index in [1.165, 1.54) is 7.11 Å². The van der Waals surface area contributed by atoms with Crippen LogP contribution in [0.4, 0.5) is 5.95 Å². The van der Waals surface area contributed by atoms with Crippen LogP contribution in [0.1, 0.15) is 26.5 Å². The predicted molar refractivity (Wildman–Crippen MR) is 127 cm³/mol. The highest BCUT2D eigenvalue weighted by molar-refractivity contribution is 7.45. The Balaban J connectivity index is 1.42. The fourth-order valence-electron chi connectivity index (χ4n) is 3.61. The van der Waals surface area contributed by atoms with Crippen molar-refractivity contribution in [3.05, 3.63) is 41.8 Å². The number of aromatic nitrogens is 4. The van der Waals surface area contributed by atoms with Gasteiger partial charge in [0.1, 0.15) is 23.5 Å². The molecule has 0 amide bonds. The van der Waals surface area contributed by atoms with Gasteiger partial charge in [-0.3, -0.25) is 9.36 Å². The van der Waals surface area contributed by atoms with E-state index < -0.39 is 20.5 Å². The van der Waals surface area contributed by atoms with E-state index in [0.717, 1.165) is 6.42 Å². The molecule has 0 spiro atoms. The lowest BCUT2D eigenvalue weighted by Crippen LogP contribution is -2.33. The Morgan fingerprint density at radius 2 is 2.15 bits per heavy atom. The molecule has 1 fully saturated rings. The van der Waals surface area contributed by atoms with E-state index in [2.05, 4.69) is 27.0 Å². The van der Waals surface area contributed by atoms with Gasteiger partial charge in [0.05, 0.1) is 32.3 Å². The van der Waals surface area contributed by atoms with Crippen molar-refractivity contribution in [1.29, 1.82) is 0 Å². The van der Waals surface area contributed by atoms with Crippen molar-refractivity contribution in [2.75, 3.05) is 19.5 Å². The van der Waals surface area contributed by atoms with Gasteiger partial charge in [-0.1, -0.05) is 18.5 Å². The molecule has 3 aromatic rings. The van der Waals surface area contributed by atoms with Gasteiger partial charge in [-0.05, 0) is 37.6 Å². The molecule has 1 aromatic carbocycles. The normalized spacial score (nSPS) is 21.9. The molecular formula is C21H26ClN6O5P. The summed E-state index contributed by atoms with van der Waals surface area (Å²) in [6.07, 6.45) is 3.54. The van der Waals surface area contributed by atoms with Crippen LogP contribution in [0.25, 0.3) is 11.2 Å². The molecule has 4 rings (SSSR count). The number of esters is 1. The van der Waals surface area contributed by atoms with Gasteiger partial charge >= 0.3 is 14.5 Å². The summed E-state index contributed by atoms with van der Waals surface area (Å²) in [6.45, 7) is 4.02. The number of anilines is 1. The van der Waals surface area contributed by atoms with Gasteiger partial charge in [-0.2, -0.15) is 4.98 Å². The maximum Gasteiger partial charge on any atom is 0.323 e. The summed E-state index contributed by atoms with van der Waals surface area (Å²) >= 11 is 5.96. The molecule has 13 heteroatoms. The van der Waals surface area contributed by atoms with Crippen molar-refractivity contribution in [1.82, 2.24) is 24.6 Å². The SMILES string of the molecule is COC(=O)C(C)NP(OCC1CC(C)[C@H](n2cnc3cnc(N)nc32)O1)Oc1ccc(Cl)cc1. The molecule has 3 N–H and O–H groups in total. The Morgan fingerprint density at radius 3 is 2.88 bits per heavy atom. The summed E-state index contributed by atoms with van der Waals surface area (Å²) in [7, 11) is -0.347. The minimum Gasteiger partial charge on any atom is -0.468 e. The van der Waals surface area contributed by atoms with Crippen LogP contribution >= 0.6 is 20.1 Å². The fourth-order valence-corrected chi connectivity index (χ4v) is 4.95. The van der Waals surface area contributed by atoms with Crippen LogP contribution in [0.2, 0.25) is 5.02 Å². The van der Waals surface area contributed by atoms with E-state index in [1.807, 2.05) is 4.57 Å². The number of hydrogen-bond acceptors (Lipinski definition) is 10. The third-order valence-corrected chi connectivity index (χ3v) is 6.91. The molecule has 0 saturated carbocycles. The average Bonchev–Trinajstić information content (AvgIpc) is 3.40. The predicted octanol–water partition coefficient (Wildman–Crippen LogP) is 3.46. The summed E-state index contributed by atoms with van der Waals surface area (Å²) in [4.78, 5) is 24.5. The topological polar surface area (TPSA) is 136 Å². The van der Waals surface area contributed by atoms with Gasteiger partial charge in [-0.25, -0.2) is 15.1 Å². The van der Waals surface area contributed by atoms with E-state index in [0.29, 0.717) is 21.9 Å². The molecule has 0 bridgehead atoms. The number of carbonyl (C=O) groups is 1. The molecular weight excluding hydrogens is 483 g/mol. The van der Waals surface area contributed by atoms with Crippen molar-refractivity contribution < 1.29 is 23.3 Å². The fraction of sp³-hybridized carbons (Fsp3) is 0.429. The van der Waals surface area contributed by atoms with E-state index in [-0.39, 0.29) is 30.8 Å². The molecule has 2 aromatic heterocycles. The number of imidazole rings is 1. The first-order valence-electron chi connectivity index (χ1n) is 10.6. The van der Waals surface area contributed by atoms with Crippen molar-refractivity contribution in [3.8, 4) is 5.75 Å². The second kappa shape index (κ2) is 10.8. The van der Waals surface area contributed by atoms with E-state index >= 15 is 0 Å². The first kappa shape index (κ1) is 24.6. The molecule has 4 unspecified atom stereocenters. The van der Waals surface area contributed by atoms with Gasteiger partial charge in [0.15, 0.2) is 5.65 Å². The maximum atomic E-state index is 11.9. The lowest BCUT2D eigenvalue weighted by Gasteiger charge is -2.23. The second-order valence-electron chi connectivity index (χ2n) is 7.92. The van der Waals surface area contributed by atoms with Gasteiger partial charge in [0, 0.05) is 10.9 Å². The number of halogens is 1. The number of nitrogen functional groups attached to an aromatic ring is 1. The molecule has 5 atom stereocenters. The van der Waals surface area contributed by atoms with Crippen LogP contribution in [0.5, 0.6) is 5.75 Å². The van der Waals surface area contributed by atoms with Gasteiger partial charge in [0.2, 0.25) is 5.95 Å². The van der Waals surface area contributed by atoms with Gasteiger partial charge in [0.25, 0.3) is 0 Å². The first-order valence-corrected chi connectivity index (χ1v) is 12.2. The van der Waals surface area contributed by atoms with Crippen LogP contribution < -0.4 is 15.3 Å². The summed E-state index contributed by atoms with van der Waals surface area (Å²) in [5, 5.41) is 3.64. The standard InChI is InChI=1S/C21H26ClN6O5P/c1-12-8-16(32-19(12)28-11-25-17-9-24-21(23)26-18(17)28)10-31-34(27-13(2)20(29)30-3)33-15-6-4-14(22)5-7-15/h4-7,9,11-13,16,19,27H,8,10H2,1-3H3,(H2,23,24,26)/t12?,13?,16?,19-,34?/m1/s1. The Bertz CT molecular complexity index is 1130. The largest absolute Gasteiger partial charge is 0.468 e. The number of methoxy groups -OCH3 is 1. The Morgan fingerprint density at radius 1 is 1.38 bits per heavy atom. The summed E-state index contributed by atoms with van der Waals surface area (Å²) in [5.41, 5.74) is 7.02.